The third kappa shape index (κ3) is 7.41. The fourth-order valence-electron chi connectivity index (χ4n) is 4.18. The van der Waals surface area contributed by atoms with Gasteiger partial charge in [0, 0.05) is 55.1 Å². The quantitative estimate of drug-likeness (QED) is 0.178. The van der Waals surface area contributed by atoms with Gasteiger partial charge < -0.3 is 9.73 Å². The Morgan fingerprint density at radius 3 is 2.55 bits per heavy atom. The van der Waals surface area contributed by atoms with Crippen molar-refractivity contribution in [3.63, 3.8) is 0 Å². The highest BCUT2D eigenvalue weighted by Crippen LogP contribution is 2.35. The topological polar surface area (TPSA) is 118 Å². The summed E-state index contributed by atoms with van der Waals surface area (Å²) in [5.41, 5.74) is 2.44. The van der Waals surface area contributed by atoms with Crippen LogP contribution < -0.4 is 5.32 Å². The summed E-state index contributed by atoms with van der Waals surface area (Å²) in [6.07, 6.45) is 0. The zero-order chi connectivity index (χ0) is 27.1. The molecule has 0 bridgehead atoms. The van der Waals surface area contributed by atoms with E-state index < -0.39 is 4.92 Å². The van der Waals surface area contributed by atoms with E-state index in [0.717, 1.165) is 71.3 Å². The number of aryl methyl sites for hydroxylation is 1. The summed E-state index contributed by atoms with van der Waals surface area (Å²) in [6, 6.07) is 6.79. The predicted molar refractivity (Wildman–Crippen MR) is 155 cm³/mol. The van der Waals surface area contributed by atoms with Crippen LogP contribution in [-0.2, 0) is 4.79 Å². The van der Waals surface area contributed by atoms with Gasteiger partial charge in [0.1, 0.15) is 10.5 Å². The zero-order valence-corrected chi connectivity index (χ0v) is 24.2. The number of carbonyl (C=O) groups excluding carboxylic acids is 1. The van der Waals surface area contributed by atoms with Crippen LogP contribution in [0.4, 0.5) is 11.4 Å². The van der Waals surface area contributed by atoms with Crippen molar-refractivity contribution in [2.24, 2.45) is 0 Å². The number of rotatable bonds is 12. The third-order valence-electron chi connectivity index (χ3n) is 5.96. The highest BCUT2D eigenvalue weighted by molar-refractivity contribution is 8.00. The molecule has 1 saturated heterocycles. The molecule has 0 saturated carbocycles. The fraction of sp³-hybridized carbons (Fsp3) is 0.480. The van der Waals surface area contributed by atoms with Crippen molar-refractivity contribution in [1.82, 2.24) is 19.8 Å². The number of para-hydroxylation sites is 1. The van der Waals surface area contributed by atoms with E-state index >= 15 is 0 Å². The Kier molecular flexibility index (Phi) is 10.3. The van der Waals surface area contributed by atoms with Gasteiger partial charge in [0.05, 0.1) is 17.2 Å². The summed E-state index contributed by atoms with van der Waals surface area (Å²) in [5, 5.41) is 15.7. The van der Waals surface area contributed by atoms with Crippen molar-refractivity contribution in [1.29, 1.82) is 0 Å². The van der Waals surface area contributed by atoms with Crippen LogP contribution in [0.25, 0.3) is 11.1 Å². The molecular formula is C25H32N6O4S3. The number of non-ortho nitro benzene ring substituents is 1. The van der Waals surface area contributed by atoms with Crippen LogP contribution in [-0.4, -0.2) is 87.1 Å². The molecule has 1 aromatic carbocycles. The molecule has 204 valence electrons. The number of nitro groups is 1. The van der Waals surface area contributed by atoms with E-state index in [2.05, 4.69) is 38.9 Å². The summed E-state index contributed by atoms with van der Waals surface area (Å²) < 4.78 is 5.64. The third-order valence-corrected chi connectivity index (χ3v) is 8.55. The summed E-state index contributed by atoms with van der Waals surface area (Å²) in [7, 11) is 0. The minimum atomic E-state index is -0.453. The van der Waals surface area contributed by atoms with Gasteiger partial charge in [-0.05, 0) is 30.6 Å². The standard InChI is InChI=1S/C25H32N6O4S3/c1-4-36-20-15-17(3)26-24(37-5-2)22(20)28-21(32)16-30-11-9-29(10-12-30)13-14-38-25-27-18-7-6-8-19(31(33)34)23(18)35-25/h6-8,15H,4-5,9-14,16H2,1-3H3,(H,28,32). The number of nitro benzene ring substituents is 1. The maximum Gasteiger partial charge on any atom is 0.313 e. The van der Waals surface area contributed by atoms with Gasteiger partial charge in [-0.3, -0.25) is 24.7 Å². The molecule has 1 N–H and O–H groups in total. The van der Waals surface area contributed by atoms with Gasteiger partial charge in [-0.25, -0.2) is 9.97 Å². The van der Waals surface area contributed by atoms with Crippen molar-refractivity contribution in [3.05, 3.63) is 40.1 Å². The molecule has 13 heteroatoms. The molecule has 4 rings (SSSR count). The zero-order valence-electron chi connectivity index (χ0n) is 21.8. The lowest BCUT2D eigenvalue weighted by atomic mass is 10.3. The van der Waals surface area contributed by atoms with Crippen LogP contribution >= 0.6 is 35.3 Å². The summed E-state index contributed by atoms with van der Waals surface area (Å²) in [6.45, 7) is 10.7. The van der Waals surface area contributed by atoms with Crippen molar-refractivity contribution >= 4 is 63.7 Å². The van der Waals surface area contributed by atoms with Crippen LogP contribution in [0.3, 0.4) is 0 Å². The second-order valence-corrected chi connectivity index (χ2v) is 12.3. The molecule has 3 heterocycles. The predicted octanol–water partition coefficient (Wildman–Crippen LogP) is 5.01. The Balaban J connectivity index is 1.24. The Bertz CT molecular complexity index is 1250. The first-order valence-electron chi connectivity index (χ1n) is 12.6. The number of hydrogen-bond donors (Lipinski definition) is 1. The summed E-state index contributed by atoms with van der Waals surface area (Å²) in [5.74, 6) is 2.56. The number of aromatic nitrogens is 2. The van der Waals surface area contributed by atoms with Crippen molar-refractivity contribution in [3.8, 4) is 0 Å². The molecule has 2 aromatic heterocycles. The molecule has 0 radical (unpaired) electrons. The van der Waals surface area contributed by atoms with Crippen LogP contribution in [0, 0.1) is 17.0 Å². The molecule has 1 fully saturated rings. The Labute approximate surface area is 234 Å². The van der Waals surface area contributed by atoms with Crippen molar-refractivity contribution < 1.29 is 14.1 Å². The SMILES string of the molecule is CCSc1cc(C)nc(SCC)c1NC(=O)CN1CCN(CCSc2nc3cccc([N+](=O)[O-])c3o2)CC1. The van der Waals surface area contributed by atoms with Crippen molar-refractivity contribution in [2.75, 3.05) is 61.8 Å². The number of thioether (sulfide) groups is 3. The molecule has 1 aliphatic heterocycles. The molecule has 10 nitrogen and oxygen atoms in total. The van der Waals surface area contributed by atoms with E-state index in [-0.39, 0.29) is 17.2 Å². The first-order chi connectivity index (χ1) is 18.4. The van der Waals surface area contributed by atoms with Gasteiger partial charge in [-0.2, -0.15) is 0 Å². The normalized spacial score (nSPS) is 14.7. The molecule has 1 amide bonds. The van der Waals surface area contributed by atoms with Crippen LogP contribution in [0.5, 0.6) is 0 Å². The largest absolute Gasteiger partial charge is 0.424 e. The molecule has 38 heavy (non-hydrogen) atoms. The molecule has 1 aliphatic rings. The number of benzene rings is 1. The first-order valence-corrected chi connectivity index (χ1v) is 15.5. The number of hydrogen-bond acceptors (Lipinski definition) is 11. The number of anilines is 1. The molecular weight excluding hydrogens is 545 g/mol. The highest BCUT2D eigenvalue weighted by atomic mass is 32.2. The number of nitrogens with zero attached hydrogens (tertiary/aromatic N) is 5. The number of pyridine rings is 1. The number of nitrogens with one attached hydrogen (secondary N) is 1. The van der Waals surface area contributed by atoms with E-state index in [1.165, 1.54) is 17.8 Å². The molecule has 0 unspecified atom stereocenters. The summed E-state index contributed by atoms with van der Waals surface area (Å²) >= 11 is 4.83. The minimum absolute atomic E-state index is 0.0133. The first kappa shape index (κ1) is 28.7. The second-order valence-electron chi connectivity index (χ2n) is 8.68. The van der Waals surface area contributed by atoms with Gasteiger partial charge in [0.2, 0.25) is 11.5 Å². The maximum atomic E-state index is 13.0. The molecule has 0 atom stereocenters. The fourth-order valence-corrected chi connectivity index (χ4v) is 6.71. The van der Waals surface area contributed by atoms with E-state index in [9.17, 15) is 14.9 Å². The van der Waals surface area contributed by atoms with Gasteiger partial charge in [0.25, 0.3) is 5.22 Å². The van der Waals surface area contributed by atoms with Gasteiger partial charge >= 0.3 is 5.69 Å². The van der Waals surface area contributed by atoms with E-state index in [1.54, 1.807) is 35.7 Å². The monoisotopic (exact) mass is 576 g/mol. The van der Waals surface area contributed by atoms with E-state index in [1.807, 2.05) is 13.0 Å². The molecule has 0 aliphatic carbocycles. The maximum absolute atomic E-state index is 13.0. The van der Waals surface area contributed by atoms with Crippen LogP contribution in [0.1, 0.15) is 19.5 Å². The number of oxazole rings is 1. The average molecular weight is 577 g/mol. The Hall–Kier alpha value is -2.32. The number of fused-ring (bicyclic) bond motifs is 1. The Morgan fingerprint density at radius 1 is 1.11 bits per heavy atom. The van der Waals surface area contributed by atoms with Crippen LogP contribution in [0.15, 0.2) is 43.8 Å². The number of carbonyl (C=O) groups is 1. The van der Waals surface area contributed by atoms with Crippen molar-refractivity contribution in [2.45, 2.75) is 35.9 Å². The lowest BCUT2D eigenvalue weighted by Crippen LogP contribution is -2.49. The van der Waals surface area contributed by atoms with E-state index in [4.69, 9.17) is 4.42 Å². The van der Waals surface area contributed by atoms with E-state index in [0.29, 0.717) is 17.3 Å². The molecule has 0 spiro atoms. The van der Waals surface area contributed by atoms with Gasteiger partial charge in [0.15, 0.2) is 0 Å². The average Bonchev–Trinajstić information content (AvgIpc) is 3.30. The number of piperazine rings is 1. The lowest BCUT2D eigenvalue weighted by Gasteiger charge is -2.34. The Morgan fingerprint density at radius 2 is 1.84 bits per heavy atom. The highest BCUT2D eigenvalue weighted by Gasteiger charge is 2.22. The van der Waals surface area contributed by atoms with Crippen LogP contribution in [0.2, 0.25) is 0 Å². The second kappa shape index (κ2) is 13.7. The lowest BCUT2D eigenvalue weighted by molar-refractivity contribution is -0.383. The molecule has 3 aromatic rings. The minimum Gasteiger partial charge on any atom is -0.424 e. The van der Waals surface area contributed by atoms with Gasteiger partial charge in [-0.1, -0.05) is 31.7 Å². The number of amides is 1. The van der Waals surface area contributed by atoms with Gasteiger partial charge in [-0.15, -0.1) is 23.5 Å². The smallest absolute Gasteiger partial charge is 0.313 e. The summed E-state index contributed by atoms with van der Waals surface area (Å²) in [4.78, 5) is 38.3.